The highest BCUT2D eigenvalue weighted by Gasteiger charge is 2.30. The van der Waals surface area contributed by atoms with E-state index in [0.717, 1.165) is 0 Å². The molecule has 0 radical (unpaired) electrons. The molecular formula is C23H46N12O6. The fraction of sp³-hybridized carbons (Fsp3) is 0.696. The summed E-state index contributed by atoms with van der Waals surface area (Å²) in [5.74, 6) is -3.16. The number of ether oxygens (including phenoxy) is 1. The molecular weight excluding hydrogens is 540 g/mol. The Balaban J connectivity index is 5.73. The van der Waals surface area contributed by atoms with Crippen LogP contribution in [0.4, 0.5) is 4.79 Å². The smallest absolute Gasteiger partial charge is 0.408 e. The second kappa shape index (κ2) is 18.7. The van der Waals surface area contributed by atoms with Crippen LogP contribution in [0, 0.1) is 0 Å². The lowest BCUT2D eigenvalue weighted by Gasteiger charge is -2.26. The molecule has 0 aromatic rings. The van der Waals surface area contributed by atoms with Crippen LogP contribution in [0.3, 0.4) is 0 Å². The molecule has 16 N–H and O–H groups in total. The summed E-state index contributed by atoms with van der Waals surface area (Å²) in [6.45, 7) is 5.48. The van der Waals surface area contributed by atoms with Gasteiger partial charge >= 0.3 is 12.1 Å². The summed E-state index contributed by atoms with van der Waals surface area (Å²) in [5, 5.41) is 17.1. The standard InChI is InChI=1S/C23H46N12O6/c1-23(2,3)41-22(40)35-14(8-5-11-31-20(26)27)17(37)33-13(7-4-10-30-19(24)25)16(36)34-15(18(38)39)9-6-12-32-21(28)29/h13-15H,4-12H2,1-3H3,(H,33,37)(H,34,36)(H,35,40)(H,38,39)(H4,24,25,30)(H4,26,27,31)(H4,28,29,32)/t13-,14+,15-/m0/s1. The van der Waals surface area contributed by atoms with Gasteiger partial charge < -0.3 is 60.2 Å². The summed E-state index contributed by atoms with van der Waals surface area (Å²) >= 11 is 0. The average Bonchev–Trinajstić information content (AvgIpc) is 2.82. The average molecular weight is 587 g/mol. The highest BCUT2D eigenvalue weighted by molar-refractivity contribution is 5.92. The first kappa shape index (κ1) is 36.5. The zero-order valence-electron chi connectivity index (χ0n) is 23.9. The van der Waals surface area contributed by atoms with Gasteiger partial charge in [-0.15, -0.1) is 0 Å². The zero-order chi connectivity index (χ0) is 31.6. The molecule has 0 aliphatic heterocycles. The molecule has 3 amide bonds. The van der Waals surface area contributed by atoms with Gasteiger partial charge in [-0.25, -0.2) is 9.59 Å². The second-order valence-corrected chi connectivity index (χ2v) is 10.0. The van der Waals surface area contributed by atoms with Crippen LogP contribution >= 0.6 is 0 Å². The third kappa shape index (κ3) is 19.2. The molecule has 0 aliphatic carbocycles. The Morgan fingerprint density at radius 3 is 1.34 bits per heavy atom. The van der Waals surface area contributed by atoms with E-state index in [-0.39, 0.29) is 69.6 Å². The predicted octanol–water partition coefficient (Wildman–Crippen LogP) is -2.91. The van der Waals surface area contributed by atoms with Crippen LogP contribution in [-0.2, 0) is 19.1 Å². The van der Waals surface area contributed by atoms with Crippen molar-refractivity contribution in [2.75, 3.05) is 19.6 Å². The normalized spacial score (nSPS) is 13.0. The molecule has 0 saturated heterocycles. The predicted molar refractivity (Wildman–Crippen MR) is 154 cm³/mol. The number of carbonyl (C=O) groups is 4. The maximum atomic E-state index is 13.3. The van der Waals surface area contributed by atoms with Crippen LogP contribution < -0.4 is 50.4 Å². The number of aliphatic carboxylic acids is 1. The van der Waals surface area contributed by atoms with Crippen LogP contribution in [0.2, 0.25) is 0 Å². The van der Waals surface area contributed by atoms with Gasteiger partial charge in [0.1, 0.15) is 23.7 Å². The third-order valence-electron chi connectivity index (χ3n) is 5.09. The molecule has 0 aromatic carbocycles. The van der Waals surface area contributed by atoms with Gasteiger partial charge in [-0.1, -0.05) is 0 Å². The minimum Gasteiger partial charge on any atom is -0.480 e. The number of aliphatic imine (C=N–C) groups is 3. The maximum Gasteiger partial charge on any atom is 0.408 e. The van der Waals surface area contributed by atoms with E-state index in [1.165, 1.54) is 0 Å². The molecule has 0 aromatic heterocycles. The van der Waals surface area contributed by atoms with Crippen molar-refractivity contribution in [3.63, 3.8) is 0 Å². The van der Waals surface area contributed by atoms with Crippen molar-refractivity contribution in [2.24, 2.45) is 49.4 Å². The molecule has 0 fully saturated rings. The number of hydrogen-bond acceptors (Lipinski definition) is 8. The molecule has 3 atom stereocenters. The fourth-order valence-corrected chi connectivity index (χ4v) is 3.30. The number of rotatable bonds is 18. The van der Waals surface area contributed by atoms with E-state index >= 15 is 0 Å². The molecule has 18 heteroatoms. The van der Waals surface area contributed by atoms with Crippen LogP contribution in [0.15, 0.2) is 15.0 Å². The van der Waals surface area contributed by atoms with Gasteiger partial charge in [0.15, 0.2) is 17.9 Å². The molecule has 0 bridgehead atoms. The Bertz CT molecular complexity index is 951. The molecule has 0 saturated carbocycles. The summed E-state index contributed by atoms with van der Waals surface area (Å²) in [7, 11) is 0. The second-order valence-electron chi connectivity index (χ2n) is 10.0. The van der Waals surface area contributed by atoms with E-state index in [9.17, 15) is 24.3 Å². The number of carbonyl (C=O) groups excluding carboxylic acids is 3. The molecule has 18 nitrogen and oxygen atoms in total. The van der Waals surface area contributed by atoms with Gasteiger partial charge in [-0.05, 0) is 59.3 Å². The lowest BCUT2D eigenvalue weighted by atomic mass is 10.1. The fourth-order valence-electron chi connectivity index (χ4n) is 3.30. The largest absolute Gasteiger partial charge is 0.480 e. The van der Waals surface area contributed by atoms with Gasteiger partial charge in [-0.2, -0.15) is 0 Å². The monoisotopic (exact) mass is 586 g/mol. The quantitative estimate of drug-likeness (QED) is 0.0439. The van der Waals surface area contributed by atoms with Gasteiger partial charge in [-0.3, -0.25) is 24.6 Å². The summed E-state index contributed by atoms with van der Waals surface area (Å²) in [5.41, 5.74) is 31.1. The number of guanidine groups is 3. The SMILES string of the molecule is CC(C)(C)OC(=O)N[C@H](CCCN=C(N)N)C(=O)N[C@@H](CCCN=C(N)N)C(=O)N[C@@H](CCCN=C(N)N)C(=O)O. The van der Waals surface area contributed by atoms with Crippen LogP contribution in [0.1, 0.15) is 59.3 Å². The third-order valence-corrected chi connectivity index (χ3v) is 5.09. The van der Waals surface area contributed by atoms with Crippen molar-refractivity contribution >= 4 is 41.8 Å². The minimum absolute atomic E-state index is 0.0279. The van der Waals surface area contributed by atoms with Crippen LogP contribution in [0.5, 0.6) is 0 Å². The number of hydrogen-bond donors (Lipinski definition) is 10. The van der Waals surface area contributed by atoms with Crippen molar-refractivity contribution in [3.05, 3.63) is 0 Å². The Morgan fingerprint density at radius 1 is 0.659 bits per heavy atom. The van der Waals surface area contributed by atoms with Gasteiger partial charge in [0.2, 0.25) is 11.8 Å². The zero-order valence-corrected chi connectivity index (χ0v) is 23.9. The first-order valence-electron chi connectivity index (χ1n) is 13.0. The summed E-state index contributed by atoms with van der Waals surface area (Å²) in [6.07, 6.45) is 0.195. The molecule has 234 valence electrons. The Hall–Kier alpha value is -4.51. The van der Waals surface area contributed by atoms with Crippen molar-refractivity contribution in [3.8, 4) is 0 Å². The Morgan fingerprint density at radius 2 is 1.00 bits per heavy atom. The number of carboxylic acids is 1. The van der Waals surface area contributed by atoms with Crippen molar-refractivity contribution in [2.45, 2.75) is 83.0 Å². The number of alkyl carbamates (subject to hydrolysis) is 1. The van der Waals surface area contributed by atoms with Crippen LogP contribution in [-0.4, -0.2) is 90.2 Å². The molecule has 41 heavy (non-hydrogen) atoms. The van der Waals surface area contributed by atoms with Crippen molar-refractivity contribution in [1.82, 2.24) is 16.0 Å². The van der Waals surface area contributed by atoms with E-state index in [0.29, 0.717) is 6.42 Å². The number of carboxylic acid groups (broad SMARTS) is 1. The van der Waals surface area contributed by atoms with Crippen molar-refractivity contribution < 1.29 is 29.0 Å². The summed E-state index contributed by atoms with van der Waals surface area (Å²) in [6, 6.07) is -3.58. The highest BCUT2D eigenvalue weighted by atomic mass is 16.6. The Kier molecular flexibility index (Phi) is 16.7. The van der Waals surface area contributed by atoms with Crippen LogP contribution in [0.25, 0.3) is 0 Å². The van der Waals surface area contributed by atoms with E-state index in [4.69, 9.17) is 39.1 Å². The van der Waals surface area contributed by atoms with E-state index in [2.05, 4.69) is 30.9 Å². The molecule has 0 spiro atoms. The van der Waals surface area contributed by atoms with E-state index < -0.39 is 47.6 Å². The van der Waals surface area contributed by atoms with E-state index in [1.54, 1.807) is 20.8 Å². The number of nitrogens with one attached hydrogen (secondary N) is 3. The van der Waals surface area contributed by atoms with Gasteiger partial charge in [0.25, 0.3) is 0 Å². The lowest BCUT2D eigenvalue weighted by molar-refractivity contribution is -0.142. The van der Waals surface area contributed by atoms with E-state index in [1.807, 2.05) is 0 Å². The minimum atomic E-state index is -1.28. The number of nitrogens with zero attached hydrogens (tertiary/aromatic N) is 3. The summed E-state index contributed by atoms with van der Waals surface area (Å²) < 4.78 is 5.25. The molecule has 0 heterocycles. The molecule has 0 rings (SSSR count). The Labute approximate surface area is 239 Å². The summed E-state index contributed by atoms with van der Waals surface area (Å²) in [4.78, 5) is 62.1. The first-order valence-corrected chi connectivity index (χ1v) is 13.0. The topological polar surface area (TPSA) is 327 Å². The highest BCUT2D eigenvalue weighted by Crippen LogP contribution is 2.09. The van der Waals surface area contributed by atoms with Gasteiger partial charge in [0.05, 0.1) is 0 Å². The number of nitrogens with two attached hydrogens (primary N) is 6. The maximum absolute atomic E-state index is 13.3. The molecule has 0 unspecified atom stereocenters. The van der Waals surface area contributed by atoms with Gasteiger partial charge in [0, 0.05) is 19.6 Å². The van der Waals surface area contributed by atoms with Crippen molar-refractivity contribution in [1.29, 1.82) is 0 Å². The first-order chi connectivity index (χ1) is 19.0. The molecule has 0 aliphatic rings. The number of amides is 3. The lowest BCUT2D eigenvalue weighted by Crippen LogP contribution is -2.56.